The smallest absolute Gasteiger partial charge is 0.410 e. The molecule has 0 saturated carbocycles. The van der Waals surface area contributed by atoms with E-state index in [1.54, 1.807) is 4.90 Å². The highest BCUT2D eigenvalue weighted by Crippen LogP contribution is 2.36. The molecule has 156 valence electrons. The summed E-state index contributed by atoms with van der Waals surface area (Å²) in [5, 5.41) is 0.117. The van der Waals surface area contributed by atoms with Gasteiger partial charge in [-0.3, -0.25) is 0 Å². The Balaban J connectivity index is 1.65. The van der Waals surface area contributed by atoms with Crippen molar-refractivity contribution in [3.05, 3.63) is 22.5 Å². The largest absolute Gasteiger partial charge is 0.444 e. The van der Waals surface area contributed by atoms with E-state index in [1.807, 2.05) is 25.7 Å². The zero-order valence-electron chi connectivity index (χ0n) is 16.5. The van der Waals surface area contributed by atoms with Crippen LogP contribution in [0.3, 0.4) is 0 Å². The number of hydrogen-bond donors (Lipinski definition) is 0. The molecular weight excluding hydrogens is 420 g/mol. The Morgan fingerprint density at radius 3 is 2.69 bits per heavy atom. The molecule has 2 saturated heterocycles. The van der Waals surface area contributed by atoms with Crippen molar-refractivity contribution in [3.63, 3.8) is 0 Å². The van der Waals surface area contributed by atoms with Gasteiger partial charge in [-0.05, 0) is 51.1 Å². The molecule has 4 heterocycles. The molecule has 2 fully saturated rings. The first-order chi connectivity index (χ1) is 13.6. The maximum atomic E-state index is 14.4. The molecule has 10 heteroatoms. The van der Waals surface area contributed by atoms with Gasteiger partial charge in [0.15, 0.2) is 11.0 Å². The first-order valence-corrected chi connectivity index (χ1v) is 10.3. The highest BCUT2D eigenvalue weighted by atomic mass is 35.5. The van der Waals surface area contributed by atoms with Crippen LogP contribution in [0.4, 0.5) is 15.0 Å². The summed E-state index contributed by atoms with van der Waals surface area (Å²) < 4.78 is 20.0. The molecule has 4 rings (SSSR count). The summed E-state index contributed by atoms with van der Waals surface area (Å²) in [5.41, 5.74) is -0.514. The Morgan fingerprint density at radius 1 is 1.24 bits per heavy atom. The lowest BCUT2D eigenvalue weighted by Gasteiger charge is -2.39. The van der Waals surface area contributed by atoms with Crippen molar-refractivity contribution in [1.29, 1.82) is 0 Å². The van der Waals surface area contributed by atoms with Crippen LogP contribution in [0.1, 0.15) is 33.6 Å². The Kier molecular flexibility index (Phi) is 5.19. The third-order valence-corrected chi connectivity index (χ3v) is 5.82. The minimum Gasteiger partial charge on any atom is -0.444 e. The molecule has 1 amide bonds. The van der Waals surface area contributed by atoms with Crippen LogP contribution in [0.15, 0.2) is 6.20 Å². The van der Waals surface area contributed by atoms with E-state index in [0.29, 0.717) is 30.2 Å². The summed E-state index contributed by atoms with van der Waals surface area (Å²) in [5.74, 6) is 0.171. The molecule has 2 aromatic rings. The number of carbonyl (C=O) groups excluding carboxylic acids is 1. The van der Waals surface area contributed by atoms with Gasteiger partial charge in [-0.1, -0.05) is 11.6 Å². The SMILES string of the molecule is CC(C)(C)OC(=O)N1CC[C@@H]2CCN(c3nc(Cl)nc4c(F)c(Cl)ncc34)C[C@@H]21. The molecule has 0 N–H and O–H groups in total. The maximum Gasteiger partial charge on any atom is 0.410 e. The molecule has 0 unspecified atom stereocenters. The number of halogens is 3. The van der Waals surface area contributed by atoms with Crippen LogP contribution in [0.5, 0.6) is 0 Å². The number of piperidine rings is 1. The van der Waals surface area contributed by atoms with Gasteiger partial charge in [-0.15, -0.1) is 0 Å². The van der Waals surface area contributed by atoms with Gasteiger partial charge in [0.05, 0.1) is 11.4 Å². The lowest BCUT2D eigenvalue weighted by molar-refractivity contribution is 0.0203. The van der Waals surface area contributed by atoms with Crippen molar-refractivity contribution >= 4 is 46.0 Å². The van der Waals surface area contributed by atoms with Gasteiger partial charge < -0.3 is 14.5 Å². The lowest BCUT2D eigenvalue weighted by atomic mass is 9.92. The van der Waals surface area contributed by atoms with Gasteiger partial charge in [-0.2, -0.15) is 4.98 Å². The average molecular weight is 442 g/mol. The predicted molar refractivity (Wildman–Crippen MR) is 109 cm³/mol. The second-order valence-electron chi connectivity index (χ2n) is 8.47. The summed E-state index contributed by atoms with van der Waals surface area (Å²) >= 11 is 11.9. The minimum atomic E-state index is -0.721. The van der Waals surface area contributed by atoms with E-state index in [0.717, 1.165) is 19.4 Å². The normalized spacial score (nSPS) is 22.1. The molecule has 2 atom stereocenters. The number of aromatic nitrogens is 3. The van der Waals surface area contributed by atoms with E-state index in [1.165, 1.54) is 6.20 Å². The van der Waals surface area contributed by atoms with Gasteiger partial charge in [0.1, 0.15) is 16.9 Å². The van der Waals surface area contributed by atoms with Crippen LogP contribution in [-0.2, 0) is 4.74 Å². The third kappa shape index (κ3) is 3.92. The fourth-order valence-electron chi connectivity index (χ4n) is 4.11. The highest BCUT2D eigenvalue weighted by Gasteiger charge is 2.42. The van der Waals surface area contributed by atoms with Crippen molar-refractivity contribution in [1.82, 2.24) is 19.9 Å². The van der Waals surface area contributed by atoms with Crippen LogP contribution in [0.2, 0.25) is 10.4 Å². The summed E-state index contributed by atoms with van der Waals surface area (Å²) in [4.78, 5) is 28.7. The van der Waals surface area contributed by atoms with E-state index < -0.39 is 11.4 Å². The van der Waals surface area contributed by atoms with E-state index in [9.17, 15) is 9.18 Å². The molecular formula is C19H22Cl2FN5O2. The second-order valence-corrected chi connectivity index (χ2v) is 9.16. The van der Waals surface area contributed by atoms with Crippen molar-refractivity contribution in [2.24, 2.45) is 5.92 Å². The zero-order valence-corrected chi connectivity index (χ0v) is 18.0. The van der Waals surface area contributed by atoms with E-state index in [-0.39, 0.29) is 28.1 Å². The summed E-state index contributed by atoms with van der Waals surface area (Å²) in [6, 6.07) is -0.00695. The zero-order chi connectivity index (χ0) is 20.9. The summed E-state index contributed by atoms with van der Waals surface area (Å²) in [6.07, 6.45) is 2.97. The van der Waals surface area contributed by atoms with E-state index in [4.69, 9.17) is 27.9 Å². The Labute approximate surface area is 178 Å². The number of anilines is 1. The molecule has 2 aromatic heterocycles. The van der Waals surface area contributed by atoms with Crippen molar-refractivity contribution < 1.29 is 13.9 Å². The molecule has 0 bridgehead atoms. The monoisotopic (exact) mass is 441 g/mol. The van der Waals surface area contributed by atoms with Gasteiger partial charge in [-0.25, -0.2) is 19.2 Å². The molecule has 0 aromatic carbocycles. The van der Waals surface area contributed by atoms with Crippen LogP contribution >= 0.6 is 23.2 Å². The van der Waals surface area contributed by atoms with Crippen LogP contribution in [0, 0.1) is 11.7 Å². The predicted octanol–water partition coefficient (Wildman–Crippen LogP) is 4.31. The number of hydrogen-bond acceptors (Lipinski definition) is 6. The molecule has 2 aliphatic rings. The number of nitrogens with zero attached hydrogens (tertiary/aromatic N) is 5. The van der Waals surface area contributed by atoms with Crippen molar-refractivity contribution in [2.45, 2.75) is 45.3 Å². The number of ether oxygens (including phenoxy) is 1. The Hall–Kier alpha value is -1.93. The molecule has 29 heavy (non-hydrogen) atoms. The number of pyridine rings is 1. The number of likely N-dealkylation sites (tertiary alicyclic amines) is 1. The Morgan fingerprint density at radius 2 is 1.97 bits per heavy atom. The standard InChI is InChI=1S/C19H22Cl2FN5O2/c1-19(2,3)29-18(28)27-7-5-10-4-6-26(9-12(10)27)16-11-8-23-15(20)13(22)14(11)24-17(21)25-16/h8,10,12H,4-7,9H2,1-3H3/t10-,12-/m0/s1. The number of amides is 1. The quantitative estimate of drug-likeness (QED) is 0.484. The number of rotatable bonds is 1. The molecule has 7 nitrogen and oxygen atoms in total. The van der Waals surface area contributed by atoms with Crippen LogP contribution in [-0.4, -0.2) is 57.2 Å². The number of carbonyl (C=O) groups is 1. The fraction of sp³-hybridized carbons (Fsp3) is 0.579. The van der Waals surface area contributed by atoms with Gasteiger partial charge >= 0.3 is 6.09 Å². The highest BCUT2D eigenvalue weighted by molar-refractivity contribution is 6.30. The third-order valence-electron chi connectivity index (χ3n) is 5.38. The van der Waals surface area contributed by atoms with Gasteiger partial charge in [0, 0.05) is 25.8 Å². The molecule has 0 spiro atoms. The summed E-state index contributed by atoms with van der Waals surface area (Å²) in [6.45, 7) is 7.50. The van der Waals surface area contributed by atoms with Crippen molar-refractivity contribution in [2.75, 3.05) is 24.5 Å². The Bertz CT molecular complexity index is 968. The van der Waals surface area contributed by atoms with E-state index in [2.05, 4.69) is 15.0 Å². The summed E-state index contributed by atoms with van der Waals surface area (Å²) in [7, 11) is 0. The second kappa shape index (κ2) is 7.40. The lowest BCUT2D eigenvalue weighted by Crippen LogP contribution is -2.51. The van der Waals surface area contributed by atoms with Crippen molar-refractivity contribution in [3.8, 4) is 0 Å². The van der Waals surface area contributed by atoms with Crippen LogP contribution < -0.4 is 4.90 Å². The fourth-order valence-corrected chi connectivity index (χ4v) is 4.42. The first kappa shape index (κ1) is 20.3. The van der Waals surface area contributed by atoms with Crippen LogP contribution in [0.25, 0.3) is 10.9 Å². The maximum absolute atomic E-state index is 14.4. The minimum absolute atomic E-state index is 0.00695. The van der Waals surface area contributed by atoms with Gasteiger partial charge in [0.2, 0.25) is 5.28 Å². The van der Waals surface area contributed by atoms with Gasteiger partial charge in [0.25, 0.3) is 0 Å². The molecule has 0 radical (unpaired) electrons. The molecule has 0 aliphatic carbocycles. The first-order valence-electron chi connectivity index (χ1n) is 9.56. The number of fused-ring (bicyclic) bond motifs is 2. The molecule has 2 aliphatic heterocycles. The van der Waals surface area contributed by atoms with E-state index >= 15 is 0 Å². The average Bonchev–Trinajstić information content (AvgIpc) is 3.06. The topological polar surface area (TPSA) is 71.5 Å².